The van der Waals surface area contributed by atoms with Crippen LogP contribution in [0.5, 0.6) is 0 Å². The number of fused-ring (bicyclic) bond motifs is 1. The van der Waals surface area contributed by atoms with Gasteiger partial charge in [0, 0.05) is 44.6 Å². The van der Waals surface area contributed by atoms with Crippen molar-refractivity contribution in [3.05, 3.63) is 57.7 Å². The topological polar surface area (TPSA) is 58.7 Å². The number of halogens is 3. The molecule has 0 aromatic carbocycles. The summed E-state index contributed by atoms with van der Waals surface area (Å²) in [5, 5.41) is 7.68. The number of pyridine rings is 1. The molecular formula is C19H25Cl2IN6. The molecule has 28 heavy (non-hydrogen) atoms. The standard InChI is InChI=1S/C19H24Cl2N6.HI/c1-4-22-19(24-11-15-10-16(20)17(21)26(15)3)23-8-7-14-12-27-9-5-6-13(2)18(27)25-14;/h5-6,9-10,12H,4,7-8,11H2,1-3H3,(H2,22,23,24);1H. The van der Waals surface area contributed by atoms with Gasteiger partial charge in [-0.1, -0.05) is 29.3 Å². The molecule has 3 aromatic rings. The lowest BCUT2D eigenvalue weighted by molar-refractivity contribution is 0.775. The van der Waals surface area contributed by atoms with Gasteiger partial charge in [0.05, 0.1) is 17.3 Å². The highest BCUT2D eigenvalue weighted by atomic mass is 127. The fourth-order valence-corrected chi connectivity index (χ4v) is 3.29. The number of hydrogen-bond acceptors (Lipinski definition) is 2. The second-order valence-electron chi connectivity index (χ2n) is 6.36. The zero-order chi connectivity index (χ0) is 19.4. The first-order valence-corrected chi connectivity index (χ1v) is 9.70. The zero-order valence-corrected chi connectivity index (χ0v) is 20.0. The maximum atomic E-state index is 6.11. The maximum Gasteiger partial charge on any atom is 0.191 e. The summed E-state index contributed by atoms with van der Waals surface area (Å²) in [6.07, 6.45) is 4.91. The van der Waals surface area contributed by atoms with E-state index < -0.39 is 0 Å². The van der Waals surface area contributed by atoms with E-state index in [4.69, 9.17) is 28.2 Å². The van der Waals surface area contributed by atoms with Gasteiger partial charge in [-0.15, -0.1) is 24.0 Å². The summed E-state index contributed by atoms with van der Waals surface area (Å²) in [4.78, 5) is 9.32. The van der Waals surface area contributed by atoms with Crippen LogP contribution in [-0.2, 0) is 20.0 Å². The summed E-state index contributed by atoms with van der Waals surface area (Å²) < 4.78 is 3.91. The fraction of sp³-hybridized carbons (Fsp3) is 0.368. The largest absolute Gasteiger partial charge is 0.357 e. The van der Waals surface area contributed by atoms with Crippen LogP contribution >= 0.6 is 47.2 Å². The fourth-order valence-electron chi connectivity index (χ4n) is 2.88. The van der Waals surface area contributed by atoms with Gasteiger partial charge in [-0.2, -0.15) is 0 Å². The van der Waals surface area contributed by atoms with Gasteiger partial charge < -0.3 is 19.6 Å². The van der Waals surface area contributed by atoms with Gasteiger partial charge in [0.15, 0.2) is 5.96 Å². The lowest BCUT2D eigenvalue weighted by atomic mass is 10.3. The van der Waals surface area contributed by atoms with Crippen LogP contribution in [0.15, 0.2) is 35.6 Å². The van der Waals surface area contributed by atoms with E-state index in [2.05, 4.69) is 39.2 Å². The third kappa shape index (κ3) is 5.33. The summed E-state index contributed by atoms with van der Waals surface area (Å²) >= 11 is 12.2. The molecule has 0 radical (unpaired) electrons. The Balaban J connectivity index is 0.00000280. The average molecular weight is 535 g/mol. The van der Waals surface area contributed by atoms with Gasteiger partial charge in [-0.05, 0) is 31.5 Å². The summed E-state index contributed by atoms with van der Waals surface area (Å²) in [6.45, 7) is 6.13. The Labute approximate surface area is 192 Å². The van der Waals surface area contributed by atoms with Crippen molar-refractivity contribution in [2.45, 2.75) is 26.8 Å². The van der Waals surface area contributed by atoms with Crippen molar-refractivity contribution < 1.29 is 0 Å². The Morgan fingerprint density at radius 2 is 2.07 bits per heavy atom. The minimum Gasteiger partial charge on any atom is -0.357 e. The van der Waals surface area contributed by atoms with E-state index in [0.29, 0.717) is 16.7 Å². The Kier molecular flexibility index (Phi) is 8.45. The van der Waals surface area contributed by atoms with Gasteiger partial charge in [0.1, 0.15) is 10.8 Å². The normalized spacial score (nSPS) is 11.5. The molecule has 152 valence electrons. The number of aliphatic imine (C=N–C) groups is 1. The Morgan fingerprint density at radius 3 is 2.71 bits per heavy atom. The molecule has 3 heterocycles. The quantitative estimate of drug-likeness (QED) is 0.283. The number of nitrogens with zero attached hydrogens (tertiary/aromatic N) is 4. The Hall–Kier alpha value is -1.45. The van der Waals surface area contributed by atoms with Crippen LogP contribution in [0.4, 0.5) is 0 Å². The number of guanidine groups is 1. The van der Waals surface area contributed by atoms with E-state index in [0.717, 1.165) is 42.5 Å². The van der Waals surface area contributed by atoms with Gasteiger partial charge in [-0.25, -0.2) is 9.98 Å². The summed E-state index contributed by atoms with van der Waals surface area (Å²) in [6, 6.07) is 5.95. The van der Waals surface area contributed by atoms with Gasteiger partial charge in [-0.3, -0.25) is 0 Å². The first-order valence-electron chi connectivity index (χ1n) is 8.94. The van der Waals surface area contributed by atoms with Crippen LogP contribution in [-0.4, -0.2) is 33.0 Å². The van der Waals surface area contributed by atoms with E-state index in [1.165, 1.54) is 5.56 Å². The molecule has 0 aliphatic carbocycles. The highest BCUT2D eigenvalue weighted by Crippen LogP contribution is 2.25. The predicted octanol–water partition coefficient (Wildman–Crippen LogP) is 4.20. The molecule has 0 amide bonds. The molecule has 3 aromatic heterocycles. The van der Waals surface area contributed by atoms with E-state index in [1.807, 2.05) is 36.9 Å². The number of aromatic nitrogens is 3. The van der Waals surface area contributed by atoms with Crippen LogP contribution < -0.4 is 10.6 Å². The van der Waals surface area contributed by atoms with Crippen molar-refractivity contribution in [2.75, 3.05) is 13.1 Å². The smallest absolute Gasteiger partial charge is 0.191 e. The van der Waals surface area contributed by atoms with Crippen LogP contribution in [0.1, 0.15) is 23.9 Å². The average Bonchev–Trinajstić information content (AvgIpc) is 3.17. The second kappa shape index (κ2) is 10.4. The van der Waals surface area contributed by atoms with Crippen LogP contribution in [0.3, 0.4) is 0 Å². The molecule has 0 atom stereocenters. The molecule has 3 rings (SSSR count). The highest BCUT2D eigenvalue weighted by molar-refractivity contribution is 14.0. The predicted molar refractivity (Wildman–Crippen MR) is 127 cm³/mol. The molecule has 0 aliphatic heterocycles. The molecule has 0 fully saturated rings. The number of rotatable bonds is 6. The third-order valence-corrected chi connectivity index (χ3v) is 5.20. The Morgan fingerprint density at radius 1 is 1.29 bits per heavy atom. The molecule has 0 bridgehead atoms. The van der Waals surface area contributed by atoms with E-state index in [1.54, 1.807) is 0 Å². The number of aryl methyl sites for hydroxylation is 1. The van der Waals surface area contributed by atoms with Crippen LogP contribution in [0.25, 0.3) is 5.65 Å². The number of hydrogen-bond donors (Lipinski definition) is 2. The van der Waals surface area contributed by atoms with Crippen molar-refractivity contribution in [3.63, 3.8) is 0 Å². The van der Waals surface area contributed by atoms with Crippen molar-refractivity contribution >= 4 is 58.8 Å². The second-order valence-corrected chi connectivity index (χ2v) is 7.12. The molecule has 0 spiro atoms. The summed E-state index contributed by atoms with van der Waals surface area (Å²) in [5.74, 6) is 0.755. The van der Waals surface area contributed by atoms with Crippen LogP contribution in [0.2, 0.25) is 10.2 Å². The maximum absolute atomic E-state index is 6.11. The number of imidazole rings is 1. The monoisotopic (exact) mass is 534 g/mol. The van der Waals surface area contributed by atoms with Crippen LogP contribution in [0, 0.1) is 6.92 Å². The molecule has 0 saturated heterocycles. The molecule has 6 nitrogen and oxygen atoms in total. The summed E-state index contributed by atoms with van der Waals surface area (Å²) in [7, 11) is 1.88. The highest BCUT2D eigenvalue weighted by Gasteiger charge is 2.09. The SMILES string of the molecule is CCNC(=NCc1cc(Cl)c(Cl)n1C)NCCc1cn2cccc(C)c2n1.I. The minimum absolute atomic E-state index is 0. The van der Waals surface area contributed by atoms with Gasteiger partial charge >= 0.3 is 0 Å². The first kappa shape index (κ1) is 22.8. The molecular weight excluding hydrogens is 510 g/mol. The first-order chi connectivity index (χ1) is 13.0. The molecule has 0 aliphatic rings. The molecule has 9 heteroatoms. The Bertz CT molecular complexity index is 963. The molecule has 0 saturated carbocycles. The summed E-state index contributed by atoms with van der Waals surface area (Å²) in [5.41, 5.74) is 4.18. The van der Waals surface area contributed by atoms with Gasteiger partial charge in [0.2, 0.25) is 0 Å². The van der Waals surface area contributed by atoms with E-state index in [9.17, 15) is 0 Å². The van der Waals surface area contributed by atoms with Crippen molar-refractivity contribution in [3.8, 4) is 0 Å². The molecule has 0 unspecified atom stereocenters. The molecule has 2 N–H and O–H groups in total. The van der Waals surface area contributed by atoms with Crippen molar-refractivity contribution in [2.24, 2.45) is 12.0 Å². The number of nitrogens with one attached hydrogen (secondary N) is 2. The third-order valence-electron chi connectivity index (χ3n) is 4.36. The zero-order valence-electron chi connectivity index (χ0n) is 16.2. The van der Waals surface area contributed by atoms with E-state index >= 15 is 0 Å². The van der Waals surface area contributed by atoms with Gasteiger partial charge in [0.25, 0.3) is 0 Å². The van der Waals surface area contributed by atoms with Crippen molar-refractivity contribution in [1.82, 2.24) is 24.6 Å². The van der Waals surface area contributed by atoms with Crippen molar-refractivity contribution in [1.29, 1.82) is 0 Å². The lowest BCUT2D eigenvalue weighted by Crippen LogP contribution is -2.38. The lowest BCUT2D eigenvalue weighted by Gasteiger charge is -2.11. The van der Waals surface area contributed by atoms with E-state index in [-0.39, 0.29) is 24.0 Å². The minimum atomic E-state index is 0.